The number of benzene rings is 1. The third-order valence-corrected chi connectivity index (χ3v) is 8.30. The van der Waals surface area contributed by atoms with Crippen LogP contribution in [0, 0.1) is 17.3 Å². The summed E-state index contributed by atoms with van der Waals surface area (Å²) in [5.41, 5.74) is 2.84. The SMILES string of the molecule is C[C@]12CCC3c4cc(Br)c(O)c(Br)c4CCC3C1CC[C@@H]2O. The molecule has 1 aromatic rings. The molecular weight excluding hydrogens is 408 g/mol. The Bertz CT molecular complexity index is 630. The average molecular weight is 430 g/mol. The summed E-state index contributed by atoms with van der Waals surface area (Å²) in [5, 5.41) is 20.6. The summed E-state index contributed by atoms with van der Waals surface area (Å²) in [5.74, 6) is 2.25. The van der Waals surface area contributed by atoms with Crippen LogP contribution in [0.15, 0.2) is 15.0 Å². The van der Waals surface area contributed by atoms with Gasteiger partial charge in [0.25, 0.3) is 0 Å². The van der Waals surface area contributed by atoms with Crippen LogP contribution in [0.4, 0.5) is 0 Å². The van der Waals surface area contributed by atoms with Crippen LogP contribution in [0.1, 0.15) is 56.1 Å². The molecule has 2 fully saturated rings. The number of hydrogen-bond donors (Lipinski definition) is 2. The van der Waals surface area contributed by atoms with Crippen molar-refractivity contribution in [3.05, 3.63) is 26.1 Å². The first-order chi connectivity index (χ1) is 10.4. The van der Waals surface area contributed by atoms with E-state index in [1.807, 2.05) is 0 Å². The van der Waals surface area contributed by atoms with Crippen molar-refractivity contribution in [3.63, 3.8) is 0 Å². The van der Waals surface area contributed by atoms with Gasteiger partial charge in [0, 0.05) is 0 Å². The van der Waals surface area contributed by atoms with E-state index in [1.54, 1.807) is 0 Å². The molecule has 2 N–H and O–H groups in total. The van der Waals surface area contributed by atoms with Gasteiger partial charge in [-0.25, -0.2) is 0 Å². The smallest absolute Gasteiger partial charge is 0.144 e. The molecule has 0 bridgehead atoms. The van der Waals surface area contributed by atoms with E-state index >= 15 is 0 Å². The Hall–Kier alpha value is -0.0600. The Kier molecular flexibility index (Phi) is 3.67. The number of phenols is 1. The lowest BCUT2D eigenvalue weighted by atomic mass is 9.55. The number of aliphatic hydroxyl groups is 1. The molecule has 3 unspecified atom stereocenters. The van der Waals surface area contributed by atoms with E-state index in [0.29, 0.717) is 23.5 Å². The molecule has 22 heavy (non-hydrogen) atoms. The summed E-state index contributed by atoms with van der Waals surface area (Å²) in [6.07, 6.45) is 6.53. The maximum absolute atomic E-state index is 10.4. The Labute approximate surface area is 148 Å². The number of halogens is 2. The molecule has 0 amide bonds. The number of hydrogen-bond acceptors (Lipinski definition) is 2. The van der Waals surface area contributed by atoms with E-state index in [1.165, 1.54) is 24.0 Å². The van der Waals surface area contributed by atoms with Gasteiger partial charge in [-0.1, -0.05) is 6.92 Å². The molecule has 0 radical (unpaired) electrons. The Morgan fingerprint density at radius 1 is 1.18 bits per heavy atom. The first-order valence-electron chi connectivity index (χ1n) is 8.31. The molecule has 3 aliphatic rings. The van der Waals surface area contributed by atoms with Gasteiger partial charge >= 0.3 is 0 Å². The highest BCUT2D eigenvalue weighted by molar-refractivity contribution is 9.11. The predicted molar refractivity (Wildman–Crippen MR) is 94.1 cm³/mol. The number of phenolic OH excluding ortho intramolecular Hbond substituents is 1. The van der Waals surface area contributed by atoms with Crippen LogP contribution in [0.3, 0.4) is 0 Å². The second-order valence-electron chi connectivity index (χ2n) is 7.64. The zero-order chi connectivity index (χ0) is 15.6. The molecule has 0 heterocycles. The lowest BCUT2D eigenvalue weighted by molar-refractivity contribution is -0.0226. The molecule has 5 atom stereocenters. The largest absolute Gasteiger partial charge is 0.506 e. The van der Waals surface area contributed by atoms with Crippen LogP contribution in [0.25, 0.3) is 0 Å². The minimum absolute atomic E-state index is 0.113. The van der Waals surface area contributed by atoms with Crippen LogP contribution in [0.5, 0.6) is 5.75 Å². The third-order valence-electron chi connectivity index (χ3n) is 6.84. The third kappa shape index (κ3) is 1.99. The maximum atomic E-state index is 10.4. The highest BCUT2D eigenvalue weighted by atomic mass is 79.9. The van der Waals surface area contributed by atoms with E-state index in [9.17, 15) is 10.2 Å². The van der Waals surface area contributed by atoms with Gasteiger partial charge in [-0.05, 0) is 111 Å². The molecule has 4 rings (SSSR count). The molecule has 0 saturated heterocycles. The first kappa shape index (κ1) is 15.5. The van der Waals surface area contributed by atoms with E-state index in [-0.39, 0.29) is 11.5 Å². The van der Waals surface area contributed by atoms with E-state index in [2.05, 4.69) is 44.8 Å². The quantitative estimate of drug-likeness (QED) is 0.599. The molecule has 2 nitrogen and oxygen atoms in total. The Morgan fingerprint density at radius 2 is 1.95 bits per heavy atom. The van der Waals surface area contributed by atoms with Gasteiger partial charge in [-0.3, -0.25) is 0 Å². The van der Waals surface area contributed by atoms with Crippen molar-refractivity contribution in [2.24, 2.45) is 17.3 Å². The number of fused-ring (bicyclic) bond motifs is 5. The zero-order valence-corrected chi connectivity index (χ0v) is 16.0. The number of aromatic hydroxyl groups is 1. The monoisotopic (exact) mass is 428 g/mol. The summed E-state index contributed by atoms with van der Waals surface area (Å²) in [4.78, 5) is 0. The van der Waals surface area contributed by atoms with Crippen molar-refractivity contribution in [3.8, 4) is 5.75 Å². The molecule has 120 valence electrons. The van der Waals surface area contributed by atoms with E-state index in [4.69, 9.17) is 0 Å². The van der Waals surface area contributed by atoms with Gasteiger partial charge in [0.1, 0.15) is 5.75 Å². The van der Waals surface area contributed by atoms with Gasteiger partial charge in [0.05, 0.1) is 15.0 Å². The lowest BCUT2D eigenvalue weighted by Crippen LogP contribution is -2.44. The molecule has 0 aliphatic heterocycles. The maximum Gasteiger partial charge on any atom is 0.144 e. The van der Waals surface area contributed by atoms with Gasteiger partial charge in [0.15, 0.2) is 0 Å². The van der Waals surface area contributed by atoms with Crippen molar-refractivity contribution in [2.45, 2.75) is 57.5 Å². The summed E-state index contributed by atoms with van der Waals surface area (Å²) >= 11 is 7.09. The van der Waals surface area contributed by atoms with Crippen molar-refractivity contribution in [2.75, 3.05) is 0 Å². The fourth-order valence-electron chi connectivity index (χ4n) is 5.61. The van der Waals surface area contributed by atoms with E-state index < -0.39 is 0 Å². The normalized spacial score (nSPS) is 40.0. The standard InChI is InChI=1S/C18H22Br2O2/c1-18-7-6-9-10(13(18)4-5-15(18)21)2-3-11-12(9)8-14(19)17(22)16(11)20/h8-10,13,15,21-22H,2-7H2,1H3/t9?,10?,13?,15-,18-/m0/s1. The Morgan fingerprint density at radius 3 is 2.73 bits per heavy atom. The van der Waals surface area contributed by atoms with Crippen LogP contribution in [0.2, 0.25) is 0 Å². The molecule has 4 heteroatoms. The highest BCUT2D eigenvalue weighted by Crippen LogP contribution is 2.61. The predicted octanol–water partition coefficient (Wildman–Crippen LogP) is 5.13. The summed E-state index contributed by atoms with van der Waals surface area (Å²) in [7, 11) is 0. The minimum atomic E-state index is -0.113. The molecular formula is C18H22Br2O2. The van der Waals surface area contributed by atoms with Crippen molar-refractivity contribution in [1.82, 2.24) is 0 Å². The van der Waals surface area contributed by atoms with Crippen LogP contribution in [-0.2, 0) is 6.42 Å². The van der Waals surface area contributed by atoms with Gasteiger partial charge < -0.3 is 10.2 Å². The molecule has 0 spiro atoms. The van der Waals surface area contributed by atoms with Gasteiger partial charge in [-0.15, -0.1) is 0 Å². The minimum Gasteiger partial charge on any atom is -0.506 e. The van der Waals surface area contributed by atoms with Crippen LogP contribution in [-0.4, -0.2) is 16.3 Å². The average Bonchev–Trinajstić information content (AvgIpc) is 2.80. The number of aliphatic hydroxyl groups excluding tert-OH is 1. The van der Waals surface area contributed by atoms with Gasteiger partial charge in [-0.2, -0.15) is 0 Å². The lowest BCUT2D eigenvalue weighted by Gasteiger charge is -2.50. The first-order valence-corrected chi connectivity index (χ1v) is 9.90. The second kappa shape index (κ2) is 5.22. The Balaban J connectivity index is 1.76. The topological polar surface area (TPSA) is 40.5 Å². The van der Waals surface area contributed by atoms with Crippen molar-refractivity contribution in [1.29, 1.82) is 0 Å². The van der Waals surface area contributed by atoms with E-state index in [0.717, 1.165) is 34.6 Å². The van der Waals surface area contributed by atoms with Crippen molar-refractivity contribution < 1.29 is 10.2 Å². The van der Waals surface area contributed by atoms with Crippen LogP contribution >= 0.6 is 31.9 Å². The fraction of sp³-hybridized carbons (Fsp3) is 0.667. The van der Waals surface area contributed by atoms with Gasteiger partial charge in [0.2, 0.25) is 0 Å². The molecule has 1 aromatic carbocycles. The van der Waals surface area contributed by atoms with Crippen molar-refractivity contribution >= 4 is 31.9 Å². The summed E-state index contributed by atoms with van der Waals surface area (Å²) in [6.45, 7) is 2.31. The summed E-state index contributed by atoms with van der Waals surface area (Å²) < 4.78 is 1.66. The molecule has 2 saturated carbocycles. The number of rotatable bonds is 0. The molecule has 3 aliphatic carbocycles. The zero-order valence-electron chi connectivity index (χ0n) is 12.8. The second-order valence-corrected chi connectivity index (χ2v) is 9.29. The highest BCUT2D eigenvalue weighted by Gasteiger charge is 2.54. The van der Waals surface area contributed by atoms with Crippen LogP contribution < -0.4 is 0 Å². The summed E-state index contributed by atoms with van der Waals surface area (Å²) in [6, 6.07) is 2.14. The fourth-order valence-corrected chi connectivity index (χ4v) is 6.96. The molecule has 0 aromatic heterocycles.